The number of allylic oxidation sites excluding steroid dienone is 2. The maximum atomic E-state index is 12.9. The molecule has 444 valence electrons. The number of ether oxygens (including phenoxy) is 1. The second-order valence-electron chi connectivity index (χ2n) is 24.1. The molecule has 1 saturated heterocycles. The first kappa shape index (κ1) is 59.7. The molecule has 5 unspecified atom stereocenters. The highest BCUT2D eigenvalue weighted by atomic mass is 16.6. The van der Waals surface area contributed by atoms with Gasteiger partial charge >= 0.3 is 0 Å². The number of aliphatic hydroxyl groups excluding tert-OH is 4. The molecule has 14 nitrogen and oxygen atoms in total. The number of benzene rings is 8. The topological polar surface area (TPSA) is 210 Å². The van der Waals surface area contributed by atoms with Gasteiger partial charge < -0.3 is 40.7 Å². The van der Waals surface area contributed by atoms with Gasteiger partial charge in [-0.05, 0) is 68.1 Å². The van der Waals surface area contributed by atoms with E-state index in [9.17, 15) is 34.5 Å². The zero-order valence-electron chi connectivity index (χ0n) is 49.7. The van der Waals surface area contributed by atoms with Crippen LogP contribution in [-0.2, 0) is 17.8 Å². The van der Waals surface area contributed by atoms with Crippen molar-refractivity contribution >= 4 is 96.2 Å². The minimum Gasteiger partial charge on any atom is -0.394 e. The first-order chi connectivity index (χ1) is 43.0. The van der Waals surface area contributed by atoms with E-state index in [1.807, 2.05) is 161 Å². The molecule has 14 heteroatoms. The number of hydrogen-bond donors (Lipinski definition) is 6. The lowest BCUT2D eigenvalue weighted by molar-refractivity contribution is -0.864. The molecular formula is C75H70N5O9+5. The number of aromatic nitrogens is 2. The molecule has 10 aromatic rings. The van der Waals surface area contributed by atoms with E-state index < -0.39 is 37.3 Å². The van der Waals surface area contributed by atoms with Crippen LogP contribution in [0.15, 0.2) is 223 Å². The van der Waals surface area contributed by atoms with Crippen molar-refractivity contribution in [2.45, 2.75) is 43.7 Å². The molecule has 0 radical (unpaired) electrons. The highest BCUT2D eigenvalue weighted by Crippen LogP contribution is 2.35. The molecule has 0 amide bonds. The van der Waals surface area contributed by atoms with Crippen LogP contribution in [0.5, 0.6) is 0 Å². The Morgan fingerprint density at radius 1 is 0.449 bits per heavy atom. The van der Waals surface area contributed by atoms with Crippen LogP contribution in [0, 0.1) is 0 Å². The quantitative estimate of drug-likeness (QED) is 0.0588. The number of hydrogen-bond acceptors (Lipinski definition) is 9. The zero-order chi connectivity index (χ0) is 62.1. The number of ketones is 4. The van der Waals surface area contributed by atoms with Gasteiger partial charge in [-0.2, -0.15) is 0 Å². The number of rotatable bonds is 10. The lowest BCUT2D eigenvalue weighted by Crippen LogP contribution is -2.97. The summed E-state index contributed by atoms with van der Waals surface area (Å²) in [5.41, 5.74) is 15.4. The van der Waals surface area contributed by atoms with Crippen molar-refractivity contribution < 1.29 is 69.0 Å². The summed E-state index contributed by atoms with van der Waals surface area (Å²) in [6.45, 7) is 1.63. The standard InChI is InChI=1S/C20H21NO6.C19H14N2O.C19H14NO.C17H18NO/c22-9-14-18(24)19(25)16(20(26)27-14)21-8-12-7-11-5-1-3-10-4-2-6-13(15(10)11)17(12)23;20-16-7-9-21(10-8-16)12-15-11-14-5-1-3-13-4-2-6-17(18(13)14)19(15)22;21-19-16(13-20-10-2-1-3-11-20)12-15-8-4-6-14-7-5-9-17(19)18(14)15;1-18(2,3)11-14-10-13-8-4-6-12-7-5-9-15(16(12)13)17(14)19/h1-7,14,16,18-22,24-26H,8-9H2;1-11,20H,12H2;1-12H,13H2;4-10H,11H2,1-3H3/q;;2*+1/p+3. The van der Waals surface area contributed by atoms with Gasteiger partial charge in [0.25, 0.3) is 0 Å². The van der Waals surface area contributed by atoms with Gasteiger partial charge in [0.15, 0.2) is 67.1 Å². The monoisotopic (exact) mass is 1180 g/mol. The minimum absolute atomic E-state index is 0.0926. The van der Waals surface area contributed by atoms with E-state index in [2.05, 4.69) is 93.6 Å². The molecule has 9 N–H and O–H groups in total. The van der Waals surface area contributed by atoms with Crippen LogP contribution in [0.3, 0.4) is 0 Å². The number of aliphatic hydroxyl groups is 4. The Hall–Kier alpha value is -9.58. The lowest BCUT2D eigenvalue weighted by Gasteiger charge is -2.38. The number of quaternary nitrogens is 3. The molecular weight excluding hydrogens is 1110 g/mol. The number of likely N-dealkylation sites (N-methyl/N-ethyl adjacent to an activating group) is 1. The van der Waals surface area contributed by atoms with E-state index in [0.29, 0.717) is 24.2 Å². The van der Waals surface area contributed by atoms with Crippen LogP contribution in [0.25, 0.3) is 67.4 Å². The van der Waals surface area contributed by atoms with Crippen molar-refractivity contribution in [3.05, 3.63) is 268 Å². The Morgan fingerprint density at radius 3 is 1.21 bits per heavy atom. The van der Waals surface area contributed by atoms with Crippen LogP contribution in [0.4, 0.5) is 5.69 Å². The molecule has 1 aliphatic heterocycles. The van der Waals surface area contributed by atoms with Crippen LogP contribution < -0.4 is 20.2 Å². The smallest absolute Gasteiger partial charge is 0.211 e. The molecule has 0 spiro atoms. The van der Waals surface area contributed by atoms with Crippen molar-refractivity contribution in [1.29, 1.82) is 0 Å². The normalized spacial score (nSPS) is 18.8. The molecule has 4 aliphatic carbocycles. The summed E-state index contributed by atoms with van der Waals surface area (Å²) in [7, 11) is 6.32. The molecule has 0 saturated carbocycles. The molecule has 15 rings (SSSR count). The Balaban J connectivity index is 0.000000116. The lowest BCUT2D eigenvalue weighted by atomic mass is 9.87. The summed E-state index contributed by atoms with van der Waals surface area (Å²) >= 11 is 0. The molecule has 5 atom stereocenters. The van der Waals surface area contributed by atoms with E-state index in [1.54, 1.807) is 11.4 Å². The third-order valence-corrected chi connectivity index (χ3v) is 16.9. The number of nitrogens with zero attached hydrogens (tertiary/aromatic N) is 3. The van der Waals surface area contributed by atoms with E-state index in [0.717, 1.165) is 115 Å². The van der Waals surface area contributed by atoms with E-state index in [-0.39, 0.29) is 29.7 Å². The Kier molecular flexibility index (Phi) is 17.0. The van der Waals surface area contributed by atoms with Crippen LogP contribution in [-0.4, -0.2) is 120 Å². The van der Waals surface area contributed by atoms with Gasteiger partial charge in [-0.3, -0.25) is 19.2 Å². The summed E-state index contributed by atoms with van der Waals surface area (Å²) in [4.78, 5) is 51.0. The molecule has 5 aliphatic rings. The van der Waals surface area contributed by atoms with Crippen LogP contribution in [0.2, 0.25) is 0 Å². The second kappa shape index (κ2) is 25.3. The fourth-order valence-electron chi connectivity index (χ4n) is 12.6. The van der Waals surface area contributed by atoms with E-state index >= 15 is 0 Å². The van der Waals surface area contributed by atoms with Gasteiger partial charge in [-0.25, -0.2) is 9.13 Å². The zero-order valence-corrected chi connectivity index (χ0v) is 49.7. The summed E-state index contributed by atoms with van der Waals surface area (Å²) in [5.74, 6) is 0.341. The first-order valence-corrected chi connectivity index (χ1v) is 29.8. The average molecular weight is 1190 g/mol. The molecule has 2 aromatic heterocycles. The predicted molar refractivity (Wildman–Crippen MR) is 344 cm³/mol. The average Bonchev–Trinajstić information content (AvgIpc) is 1.27. The molecule has 3 heterocycles. The van der Waals surface area contributed by atoms with Crippen molar-refractivity contribution in [3.63, 3.8) is 0 Å². The van der Waals surface area contributed by atoms with Crippen molar-refractivity contribution in [1.82, 2.24) is 0 Å². The van der Waals surface area contributed by atoms with Crippen molar-refractivity contribution in [2.75, 3.05) is 40.8 Å². The first-order valence-electron chi connectivity index (χ1n) is 29.8. The second-order valence-corrected chi connectivity index (χ2v) is 24.1. The van der Waals surface area contributed by atoms with Gasteiger partial charge in [0, 0.05) is 55.9 Å². The minimum atomic E-state index is -1.37. The summed E-state index contributed by atoms with van der Waals surface area (Å²) in [6.07, 6.45) is 10.8. The number of carbonyl (C=O) groups excluding carboxylic acids is 4. The Morgan fingerprint density at radius 2 is 0.809 bits per heavy atom. The van der Waals surface area contributed by atoms with E-state index in [4.69, 9.17) is 9.84 Å². The van der Waals surface area contributed by atoms with Gasteiger partial charge in [0.05, 0.1) is 62.2 Å². The van der Waals surface area contributed by atoms with Gasteiger partial charge in [0.1, 0.15) is 37.1 Å². The maximum absolute atomic E-state index is 12.9. The molecule has 1 fully saturated rings. The fourth-order valence-corrected chi connectivity index (χ4v) is 12.6. The number of pyridine rings is 2. The third-order valence-electron chi connectivity index (χ3n) is 16.9. The number of nitrogens with two attached hydrogens (primary N) is 1. The highest BCUT2D eigenvalue weighted by molar-refractivity contribution is 6.25. The summed E-state index contributed by atoms with van der Waals surface area (Å²) in [5, 5.41) is 49.6. The largest absolute Gasteiger partial charge is 0.394 e. The highest BCUT2D eigenvalue weighted by Gasteiger charge is 2.46. The van der Waals surface area contributed by atoms with Crippen molar-refractivity contribution in [3.8, 4) is 0 Å². The van der Waals surface area contributed by atoms with E-state index in [1.165, 1.54) is 0 Å². The van der Waals surface area contributed by atoms with Gasteiger partial charge in [-0.1, -0.05) is 152 Å². The maximum Gasteiger partial charge on any atom is 0.211 e. The van der Waals surface area contributed by atoms with Gasteiger partial charge in [-0.15, -0.1) is 0 Å². The Bertz CT molecular complexity index is 4560. The third kappa shape index (κ3) is 12.4. The molecule has 89 heavy (non-hydrogen) atoms. The summed E-state index contributed by atoms with van der Waals surface area (Å²) in [6, 6.07) is 56.8. The fraction of sp³-hybridized carbons (Fsp3) is 0.173. The molecule has 8 aromatic carbocycles. The SMILES string of the molecule is C[N+](C)(C)CC1=Cc2cccc3cccc(c23)C1=O.O=C1C(C[NH2+]C2C(O)OC(CO)C(O)C2O)=Cc2cccc3cccc1c23.O=C1C(C[n+]2ccccc2)=Cc2cccc3cccc1c23.[NH3+]c1cc[n+](CC2=Cc3cccc4cccc(c34)C2=O)cc1. The summed E-state index contributed by atoms with van der Waals surface area (Å²) < 4.78 is 9.95. The van der Waals surface area contributed by atoms with Crippen LogP contribution >= 0.6 is 0 Å². The number of carbonyl (C=O) groups is 4. The van der Waals surface area contributed by atoms with Crippen molar-refractivity contribution in [2.24, 2.45) is 0 Å². The van der Waals surface area contributed by atoms with Gasteiger partial charge in [0.2, 0.25) is 6.29 Å². The van der Waals surface area contributed by atoms with Crippen LogP contribution in [0.1, 0.15) is 63.7 Å². The number of Topliss-reactive ketones (excluding diaryl/α,β-unsaturated/α-hetero) is 4. The predicted octanol–water partition coefficient (Wildman–Crippen LogP) is 7.60. The molecule has 0 bridgehead atoms. The Labute approximate surface area is 514 Å².